The van der Waals surface area contributed by atoms with Crippen LogP contribution in [-0.2, 0) is 9.59 Å². The van der Waals surface area contributed by atoms with Crippen molar-refractivity contribution in [3.8, 4) is 5.75 Å². The number of carbonyl (C=O) groups excluding carboxylic acids is 1. The van der Waals surface area contributed by atoms with E-state index in [-0.39, 0.29) is 17.4 Å². The Hall–Kier alpha value is -1.73. The van der Waals surface area contributed by atoms with Gasteiger partial charge in [-0.1, -0.05) is 0 Å². The number of nitrogens with two attached hydrogens (primary N) is 1. The van der Waals surface area contributed by atoms with Crippen molar-refractivity contribution in [2.45, 2.75) is 13.0 Å². The van der Waals surface area contributed by atoms with Crippen molar-refractivity contribution in [1.29, 1.82) is 0 Å². The minimum atomic E-state index is -1.00. The third-order valence-corrected chi connectivity index (χ3v) is 2.09. The van der Waals surface area contributed by atoms with Crippen molar-refractivity contribution < 1.29 is 19.8 Å². The molecule has 0 spiro atoms. The van der Waals surface area contributed by atoms with E-state index < -0.39 is 12.0 Å². The second-order valence-electron chi connectivity index (χ2n) is 3.36. The molecule has 1 amide bonds. The molecule has 0 saturated heterocycles. The van der Waals surface area contributed by atoms with Gasteiger partial charge in [0.05, 0.1) is 0 Å². The molecule has 0 radical (unpaired) electrons. The minimum absolute atomic E-state index is 0.115. The standard InChI is InChI=1S/C8H9NO2.C3H7NO2S/c1-6(10)9-7-2-4-8(11)5-3-7;4-2(1-7)3(5)6/h2-5,11H,1H3,(H,9,10);2,7H,1,4H2,(H,5,6)/t;2-/m.0/s1. The smallest absolute Gasteiger partial charge is 0.321 e. The molecule has 6 nitrogen and oxygen atoms in total. The molecule has 1 atom stereocenters. The number of thiol groups is 1. The Bertz CT molecular complexity index is 395. The lowest BCUT2D eigenvalue weighted by Crippen LogP contribution is -2.31. The number of phenolic OH excluding ortho intramolecular Hbond substituents is 1. The van der Waals surface area contributed by atoms with Crippen LogP contribution in [0.3, 0.4) is 0 Å². The molecule has 5 N–H and O–H groups in total. The Labute approximate surface area is 110 Å². The molecule has 0 aliphatic heterocycles. The van der Waals surface area contributed by atoms with Gasteiger partial charge in [-0.3, -0.25) is 9.59 Å². The van der Waals surface area contributed by atoms with Crippen LogP contribution in [0.15, 0.2) is 24.3 Å². The van der Waals surface area contributed by atoms with E-state index in [1.54, 1.807) is 12.1 Å². The first-order valence-corrected chi connectivity index (χ1v) is 5.66. The summed E-state index contributed by atoms with van der Waals surface area (Å²) >= 11 is 3.65. The zero-order valence-corrected chi connectivity index (χ0v) is 10.7. The summed E-state index contributed by atoms with van der Waals surface area (Å²) in [6, 6.07) is 5.49. The van der Waals surface area contributed by atoms with Gasteiger partial charge in [-0.05, 0) is 24.3 Å². The molecule has 7 heteroatoms. The zero-order chi connectivity index (χ0) is 14.1. The lowest BCUT2D eigenvalue weighted by Gasteiger charge is -1.99. The maximum absolute atomic E-state index is 10.5. The first-order chi connectivity index (χ1) is 8.36. The van der Waals surface area contributed by atoms with E-state index in [1.165, 1.54) is 19.1 Å². The summed E-state index contributed by atoms with van der Waals surface area (Å²) < 4.78 is 0. The van der Waals surface area contributed by atoms with Crippen LogP contribution in [0.1, 0.15) is 6.92 Å². The van der Waals surface area contributed by atoms with Gasteiger partial charge in [-0.25, -0.2) is 0 Å². The number of carboxylic acids is 1. The summed E-state index contributed by atoms with van der Waals surface area (Å²) in [5, 5.41) is 19.5. The molecule has 18 heavy (non-hydrogen) atoms. The van der Waals surface area contributed by atoms with E-state index in [4.69, 9.17) is 15.9 Å². The van der Waals surface area contributed by atoms with Crippen LogP contribution in [0.4, 0.5) is 5.69 Å². The van der Waals surface area contributed by atoms with Crippen LogP contribution in [0.5, 0.6) is 5.75 Å². The quantitative estimate of drug-likeness (QED) is 0.410. The Kier molecular flexibility index (Phi) is 7.57. The number of rotatable bonds is 3. The highest BCUT2D eigenvalue weighted by Gasteiger charge is 2.06. The fourth-order valence-electron chi connectivity index (χ4n) is 0.826. The maximum Gasteiger partial charge on any atom is 0.321 e. The molecule has 0 aliphatic carbocycles. The van der Waals surface area contributed by atoms with Crippen molar-refractivity contribution in [1.82, 2.24) is 0 Å². The Morgan fingerprint density at radius 3 is 2.17 bits per heavy atom. The van der Waals surface area contributed by atoms with Crippen molar-refractivity contribution in [2.24, 2.45) is 5.73 Å². The lowest BCUT2D eigenvalue weighted by atomic mass is 10.3. The molecule has 1 aromatic carbocycles. The molecule has 1 aromatic rings. The number of carbonyl (C=O) groups is 2. The maximum atomic E-state index is 10.5. The van der Waals surface area contributed by atoms with E-state index in [0.29, 0.717) is 5.69 Å². The first-order valence-electron chi connectivity index (χ1n) is 5.02. The summed E-state index contributed by atoms with van der Waals surface area (Å²) in [4.78, 5) is 20.3. The van der Waals surface area contributed by atoms with Crippen LogP contribution in [0, 0.1) is 0 Å². The summed E-state index contributed by atoms with van der Waals surface area (Å²) in [5.74, 6) is -0.736. The van der Waals surface area contributed by atoms with Crippen molar-refractivity contribution in [2.75, 3.05) is 11.1 Å². The third-order valence-electron chi connectivity index (χ3n) is 1.70. The van der Waals surface area contributed by atoms with Crippen LogP contribution in [0.25, 0.3) is 0 Å². The summed E-state index contributed by atoms with van der Waals surface area (Å²) in [6.45, 7) is 1.44. The second kappa shape index (κ2) is 8.37. The molecule has 0 heterocycles. The molecule has 100 valence electrons. The molecule has 0 fully saturated rings. The normalized spacial score (nSPS) is 10.8. The Morgan fingerprint density at radius 2 is 1.89 bits per heavy atom. The number of anilines is 1. The molecular formula is C11H16N2O4S. The SMILES string of the molecule is CC(=O)Nc1ccc(O)cc1.N[C@@H](CS)C(=O)O. The van der Waals surface area contributed by atoms with Gasteiger partial charge >= 0.3 is 5.97 Å². The molecule has 0 saturated carbocycles. The number of aliphatic carboxylic acids is 1. The predicted molar refractivity (Wildman–Crippen MR) is 71.9 cm³/mol. The number of nitrogens with one attached hydrogen (secondary N) is 1. The number of aromatic hydroxyl groups is 1. The summed E-state index contributed by atoms with van der Waals surface area (Å²) in [6.07, 6.45) is 0. The van der Waals surface area contributed by atoms with Crippen LogP contribution >= 0.6 is 12.6 Å². The highest BCUT2D eigenvalue weighted by Crippen LogP contribution is 2.13. The highest BCUT2D eigenvalue weighted by molar-refractivity contribution is 7.80. The van der Waals surface area contributed by atoms with E-state index >= 15 is 0 Å². The average molecular weight is 272 g/mol. The molecule has 0 bridgehead atoms. The third kappa shape index (κ3) is 7.53. The number of hydrogen-bond donors (Lipinski definition) is 5. The topological polar surface area (TPSA) is 113 Å². The summed E-state index contributed by atoms with van der Waals surface area (Å²) in [5.41, 5.74) is 5.63. The monoisotopic (exact) mass is 272 g/mol. The van der Waals surface area contributed by atoms with Gasteiger partial charge in [-0.15, -0.1) is 0 Å². The van der Waals surface area contributed by atoms with Crippen LogP contribution in [-0.4, -0.2) is 33.9 Å². The number of hydrogen-bond acceptors (Lipinski definition) is 5. The van der Waals surface area contributed by atoms with E-state index in [9.17, 15) is 9.59 Å². The van der Waals surface area contributed by atoms with Crippen molar-refractivity contribution in [3.05, 3.63) is 24.3 Å². The average Bonchev–Trinajstić information content (AvgIpc) is 2.31. The largest absolute Gasteiger partial charge is 0.508 e. The first kappa shape index (κ1) is 16.3. The summed E-state index contributed by atoms with van der Waals surface area (Å²) in [7, 11) is 0. The number of amides is 1. The van der Waals surface area contributed by atoms with Gasteiger partial charge in [-0.2, -0.15) is 12.6 Å². The number of phenols is 1. The molecule has 0 aromatic heterocycles. The molecule has 1 rings (SSSR count). The van der Waals surface area contributed by atoms with Gasteiger partial charge in [0, 0.05) is 18.4 Å². The fraction of sp³-hybridized carbons (Fsp3) is 0.273. The van der Waals surface area contributed by atoms with Gasteiger partial charge in [0.25, 0.3) is 0 Å². The fourth-order valence-corrected chi connectivity index (χ4v) is 0.982. The van der Waals surface area contributed by atoms with Crippen LogP contribution < -0.4 is 11.1 Å². The lowest BCUT2D eigenvalue weighted by molar-refractivity contribution is -0.137. The van der Waals surface area contributed by atoms with Crippen LogP contribution in [0.2, 0.25) is 0 Å². The van der Waals surface area contributed by atoms with E-state index in [1.807, 2.05) is 0 Å². The van der Waals surface area contributed by atoms with Gasteiger partial charge in [0.2, 0.25) is 5.91 Å². The molecule has 0 aliphatic rings. The van der Waals surface area contributed by atoms with Gasteiger partial charge < -0.3 is 21.3 Å². The van der Waals surface area contributed by atoms with E-state index in [2.05, 4.69) is 17.9 Å². The molecule has 0 unspecified atom stereocenters. The van der Waals surface area contributed by atoms with Crippen molar-refractivity contribution in [3.63, 3.8) is 0 Å². The Balaban J connectivity index is 0.000000360. The van der Waals surface area contributed by atoms with E-state index in [0.717, 1.165) is 0 Å². The van der Waals surface area contributed by atoms with Crippen molar-refractivity contribution >= 4 is 30.2 Å². The van der Waals surface area contributed by atoms with Gasteiger partial charge in [0.1, 0.15) is 11.8 Å². The van der Waals surface area contributed by atoms with Gasteiger partial charge in [0.15, 0.2) is 0 Å². The second-order valence-corrected chi connectivity index (χ2v) is 3.72. The predicted octanol–water partition coefficient (Wildman–Crippen LogP) is 0.679. The number of carboxylic acid groups (broad SMARTS) is 1. The zero-order valence-electron chi connectivity index (χ0n) is 9.83. The minimum Gasteiger partial charge on any atom is -0.508 e. The number of benzene rings is 1. The highest BCUT2D eigenvalue weighted by atomic mass is 32.1. The molecular weight excluding hydrogens is 256 g/mol. The Morgan fingerprint density at radius 1 is 1.39 bits per heavy atom.